The third kappa shape index (κ3) is 3.02. The standard InChI is InChI=1S/C13H13ClN2O4S/c1-20-13(17)10-4-5-16(8-10)21(18,19)12-6-9(7-15)2-3-11(12)14/h2-3,6,10H,4-5,8H2,1H3. The van der Waals surface area contributed by atoms with Crippen LogP contribution in [0.2, 0.25) is 5.02 Å². The fourth-order valence-corrected chi connectivity index (χ4v) is 4.22. The third-order valence-electron chi connectivity index (χ3n) is 3.36. The van der Waals surface area contributed by atoms with Crippen molar-refractivity contribution in [3.05, 3.63) is 28.8 Å². The quantitative estimate of drug-likeness (QED) is 0.782. The average Bonchev–Trinajstić information content (AvgIpc) is 2.97. The smallest absolute Gasteiger partial charge is 0.310 e. The van der Waals surface area contributed by atoms with Gasteiger partial charge in [0.15, 0.2) is 0 Å². The summed E-state index contributed by atoms with van der Waals surface area (Å²) in [5, 5.41) is 8.92. The van der Waals surface area contributed by atoms with Crippen LogP contribution in [0.25, 0.3) is 0 Å². The Morgan fingerprint density at radius 1 is 1.52 bits per heavy atom. The summed E-state index contributed by atoms with van der Waals surface area (Å²) in [6.07, 6.45) is 0.404. The van der Waals surface area contributed by atoms with E-state index in [1.165, 1.54) is 29.6 Å². The molecule has 0 radical (unpaired) electrons. The molecule has 1 aromatic rings. The van der Waals surface area contributed by atoms with Gasteiger partial charge >= 0.3 is 5.97 Å². The van der Waals surface area contributed by atoms with Crippen LogP contribution in [-0.2, 0) is 19.6 Å². The first-order valence-electron chi connectivity index (χ1n) is 6.17. The second-order valence-corrected chi connectivity index (χ2v) is 6.94. The van der Waals surface area contributed by atoms with E-state index in [2.05, 4.69) is 4.74 Å². The van der Waals surface area contributed by atoms with Gasteiger partial charge in [0.25, 0.3) is 0 Å². The Labute approximate surface area is 127 Å². The van der Waals surface area contributed by atoms with Gasteiger partial charge in [0.05, 0.1) is 29.7 Å². The molecule has 0 aromatic heterocycles. The monoisotopic (exact) mass is 328 g/mol. The average molecular weight is 329 g/mol. The van der Waals surface area contributed by atoms with E-state index in [0.717, 1.165) is 0 Å². The molecule has 1 unspecified atom stereocenters. The molecular weight excluding hydrogens is 316 g/mol. The van der Waals surface area contributed by atoms with Gasteiger partial charge in [-0.3, -0.25) is 4.79 Å². The SMILES string of the molecule is COC(=O)C1CCN(S(=O)(=O)c2cc(C#N)ccc2Cl)C1. The molecular formula is C13H13ClN2O4S. The van der Waals surface area contributed by atoms with Gasteiger partial charge in [-0.25, -0.2) is 8.42 Å². The van der Waals surface area contributed by atoms with Crippen molar-refractivity contribution in [3.8, 4) is 6.07 Å². The summed E-state index contributed by atoms with van der Waals surface area (Å²) >= 11 is 5.94. The molecule has 0 amide bonds. The van der Waals surface area contributed by atoms with Crippen molar-refractivity contribution in [2.75, 3.05) is 20.2 Å². The zero-order valence-corrected chi connectivity index (χ0v) is 12.8. The Morgan fingerprint density at radius 2 is 2.24 bits per heavy atom. The first-order valence-corrected chi connectivity index (χ1v) is 7.99. The third-order valence-corrected chi connectivity index (χ3v) is 5.71. The molecule has 1 saturated heterocycles. The number of hydrogen-bond donors (Lipinski definition) is 0. The summed E-state index contributed by atoms with van der Waals surface area (Å²) in [5.74, 6) is -0.896. The molecule has 112 valence electrons. The van der Waals surface area contributed by atoms with Crippen molar-refractivity contribution < 1.29 is 17.9 Å². The van der Waals surface area contributed by atoms with Gasteiger partial charge in [0.1, 0.15) is 4.90 Å². The van der Waals surface area contributed by atoms with E-state index in [-0.39, 0.29) is 28.6 Å². The van der Waals surface area contributed by atoms with Crippen LogP contribution < -0.4 is 0 Å². The van der Waals surface area contributed by atoms with Crippen molar-refractivity contribution in [3.63, 3.8) is 0 Å². The minimum absolute atomic E-state index is 0.0514. The number of benzene rings is 1. The highest BCUT2D eigenvalue weighted by Crippen LogP contribution is 2.29. The van der Waals surface area contributed by atoms with E-state index in [9.17, 15) is 13.2 Å². The van der Waals surface area contributed by atoms with E-state index >= 15 is 0 Å². The predicted octanol–water partition coefficient (Wildman–Crippen LogP) is 1.40. The minimum Gasteiger partial charge on any atom is -0.469 e. The minimum atomic E-state index is -3.83. The van der Waals surface area contributed by atoms with Crippen LogP contribution in [0.3, 0.4) is 0 Å². The lowest BCUT2D eigenvalue weighted by molar-refractivity contribution is -0.144. The molecule has 0 spiro atoms. The van der Waals surface area contributed by atoms with Crippen LogP contribution in [0.1, 0.15) is 12.0 Å². The second kappa shape index (κ2) is 6.02. The molecule has 0 N–H and O–H groups in total. The van der Waals surface area contributed by atoms with Crippen LogP contribution in [0.5, 0.6) is 0 Å². The number of carbonyl (C=O) groups excluding carboxylic acids is 1. The summed E-state index contributed by atoms with van der Waals surface area (Å²) in [4.78, 5) is 11.4. The zero-order valence-electron chi connectivity index (χ0n) is 11.2. The van der Waals surface area contributed by atoms with Gasteiger partial charge in [0.2, 0.25) is 10.0 Å². The summed E-state index contributed by atoms with van der Waals surface area (Å²) in [5.41, 5.74) is 0.210. The number of nitriles is 1. The highest BCUT2D eigenvalue weighted by atomic mass is 35.5. The number of rotatable bonds is 3. The number of methoxy groups -OCH3 is 1. The lowest BCUT2D eigenvalue weighted by Crippen LogP contribution is -2.30. The molecule has 0 aliphatic carbocycles. The lowest BCUT2D eigenvalue weighted by atomic mass is 10.1. The number of ether oxygens (including phenoxy) is 1. The number of nitrogens with zero attached hydrogens (tertiary/aromatic N) is 2. The molecule has 6 nitrogen and oxygen atoms in total. The fourth-order valence-electron chi connectivity index (χ4n) is 2.22. The van der Waals surface area contributed by atoms with Gasteiger partial charge in [-0.15, -0.1) is 0 Å². The van der Waals surface area contributed by atoms with Crippen molar-refractivity contribution in [2.45, 2.75) is 11.3 Å². The highest BCUT2D eigenvalue weighted by Gasteiger charge is 2.37. The van der Waals surface area contributed by atoms with Gasteiger partial charge < -0.3 is 4.74 Å². The van der Waals surface area contributed by atoms with E-state index in [0.29, 0.717) is 6.42 Å². The maximum atomic E-state index is 12.6. The summed E-state index contributed by atoms with van der Waals surface area (Å²) in [7, 11) is -2.56. The van der Waals surface area contributed by atoms with Gasteiger partial charge in [-0.1, -0.05) is 11.6 Å². The number of sulfonamides is 1. The molecule has 1 fully saturated rings. The predicted molar refractivity (Wildman–Crippen MR) is 75.0 cm³/mol. The largest absolute Gasteiger partial charge is 0.469 e. The Balaban J connectivity index is 2.32. The molecule has 8 heteroatoms. The van der Waals surface area contributed by atoms with Crippen LogP contribution >= 0.6 is 11.6 Å². The number of esters is 1. The first kappa shape index (κ1) is 15.8. The van der Waals surface area contributed by atoms with E-state index in [1.807, 2.05) is 6.07 Å². The van der Waals surface area contributed by atoms with Crippen LogP contribution in [0.4, 0.5) is 0 Å². The Kier molecular flexibility index (Phi) is 4.52. The van der Waals surface area contributed by atoms with Crippen molar-refractivity contribution in [1.29, 1.82) is 5.26 Å². The van der Waals surface area contributed by atoms with E-state index in [1.54, 1.807) is 0 Å². The molecule has 1 aliphatic rings. The van der Waals surface area contributed by atoms with Crippen LogP contribution in [0, 0.1) is 17.2 Å². The van der Waals surface area contributed by atoms with Crippen molar-refractivity contribution >= 4 is 27.6 Å². The highest BCUT2D eigenvalue weighted by molar-refractivity contribution is 7.89. The molecule has 1 aromatic carbocycles. The van der Waals surface area contributed by atoms with E-state index < -0.39 is 21.9 Å². The molecule has 0 saturated carbocycles. The molecule has 1 aliphatic heterocycles. The maximum absolute atomic E-state index is 12.6. The summed E-state index contributed by atoms with van der Waals surface area (Å²) < 4.78 is 30.9. The summed E-state index contributed by atoms with van der Waals surface area (Å²) in [6, 6.07) is 5.94. The summed E-state index contributed by atoms with van der Waals surface area (Å²) in [6.45, 7) is 0.275. The van der Waals surface area contributed by atoms with Crippen molar-refractivity contribution in [1.82, 2.24) is 4.31 Å². The topological polar surface area (TPSA) is 87.5 Å². The van der Waals surface area contributed by atoms with Crippen LogP contribution in [-0.4, -0.2) is 38.9 Å². The molecule has 1 heterocycles. The second-order valence-electron chi connectivity index (χ2n) is 4.63. The molecule has 2 rings (SSSR count). The molecule has 0 bridgehead atoms. The Bertz CT molecular complexity index is 711. The Hall–Kier alpha value is -1.62. The van der Waals surface area contributed by atoms with Gasteiger partial charge in [-0.2, -0.15) is 9.57 Å². The first-order chi connectivity index (χ1) is 9.90. The lowest BCUT2D eigenvalue weighted by Gasteiger charge is -2.17. The number of carbonyl (C=O) groups is 1. The normalized spacial score (nSPS) is 19.2. The fraction of sp³-hybridized carbons (Fsp3) is 0.385. The number of hydrogen-bond acceptors (Lipinski definition) is 5. The van der Waals surface area contributed by atoms with Gasteiger partial charge in [0, 0.05) is 13.1 Å². The van der Waals surface area contributed by atoms with Crippen LogP contribution in [0.15, 0.2) is 23.1 Å². The molecule has 21 heavy (non-hydrogen) atoms. The zero-order chi connectivity index (χ0) is 15.6. The van der Waals surface area contributed by atoms with Crippen molar-refractivity contribution in [2.24, 2.45) is 5.92 Å². The van der Waals surface area contributed by atoms with Gasteiger partial charge in [-0.05, 0) is 24.6 Å². The Morgan fingerprint density at radius 3 is 2.86 bits per heavy atom. The maximum Gasteiger partial charge on any atom is 0.310 e. The number of halogens is 1. The molecule has 1 atom stereocenters. The van der Waals surface area contributed by atoms with E-state index in [4.69, 9.17) is 16.9 Å².